The topological polar surface area (TPSA) is 93.3 Å². The third-order valence-electron chi connectivity index (χ3n) is 4.60. The molecule has 150 valence electrons. The lowest BCUT2D eigenvalue weighted by Crippen LogP contribution is -2.19. The number of non-ortho nitro benzene ring substituents is 1. The molecule has 0 saturated carbocycles. The van der Waals surface area contributed by atoms with E-state index < -0.39 is 4.92 Å². The number of rotatable bonds is 6. The zero-order chi connectivity index (χ0) is 21.1. The van der Waals surface area contributed by atoms with Crippen LogP contribution in [0.4, 0.5) is 15.8 Å². The first-order valence-electron chi connectivity index (χ1n) is 9.22. The van der Waals surface area contributed by atoms with Crippen LogP contribution in [0, 0.1) is 22.9 Å². The highest BCUT2D eigenvalue weighted by atomic mass is 19.1. The molecule has 0 fully saturated rings. The van der Waals surface area contributed by atoms with E-state index in [0.29, 0.717) is 34.8 Å². The quantitative estimate of drug-likeness (QED) is 0.374. The molecule has 0 unspecified atom stereocenters. The molecule has 0 atom stereocenters. The SMILES string of the molecule is CCCc1[nH]n(-c2ccc(F)cc2)c(=O)c1C(C)=Nc1cc([N+](=O)[O-])ccc1C. The summed E-state index contributed by atoms with van der Waals surface area (Å²) < 4.78 is 14.6. The summed E-state index contributed by atoms with van der Waals surface area (Å²) in [5, 5.41) is 14.2. The van der Waals surface area contributed by atoms with Gasteiger partial charge in [-0.2, -0.15) is 0 Å². The van der Waals surface area contributed by atoms with E-state index in [1.807, 2.05) is 6.92 Å². The number of aliphatic imine (C=N–C) groups is 1. The highest BCUT2D eigenvalue weighted by Gasteiger charge is 2.18. The van der Waals surface area contributed by atoms with Crippen molar-refractivity contribution in [1.82, 2.24) is 9.78 Å². The molecule has 1 aromatic heterocycles. The van der Waals surface area contributed by atoms with Crippen molar-refractivity contribution in [2.75, 3.05) is 0 Å². The van der Waals surface area contributed by atoms with E-state index in [4.69, 9.17) is 0 Å². The fourth-order valence-corrected chi connectivity index (χ4v) is 3.13. The zero-order valence-corrected chi connectivity index (χ0v) is 16.4. The van der Waals surface area contributed by atoms with Crippen LogP contribution in [0.2, 0.25) is 0 Å². The van der Waals surface area contributed by atoms with E-state index in [9.17, 15) is 19.3 Å². The number of H-pyrrole nitrogens is 1. The van der Waals surface area contributed by atoms with Crippen molar-refractivity contribution in [1.29, 1.82) is 0 Å². The van der Waals surface area contributed by atoms with Gasteiger partial charge in [-0.05, 0) is 50.1 Å². The van der Waals surface area contributed by atoms with Crippen LogP contribution in [0.15, 0.2) is 52.3 Å². The zero-order valence-electron chi connectivity index (χ0n) is 16.4. The van der Waals surface area contributed by atoms with E-state index in [2.05, 4.69) is 10.1 Å². The molecule has 1 N–H and O–H groups in total. The van der Waals surface area contributed by atoms with E-state index >= 15 is 0 Å². The summed E-state index contributed by atoms with van der Waals surface area (Å²) in [5.74, 6) is -0.388. The standard InChI is InChI=1S/C21H21FN4O3/c1-4-5-18-20(21(27)25(24-18)16-10-7-15(22)8-11-16)14(3)23-19-12-17(26(28)29)9-6-13(19)2/h6-12,24H,4-5H2,1-3H3. The summed E-state index contributed by atoms with van der Waals surface area (Å²) in [6.07, 6.45) is 1.43. The van der Waals surface area contributed by atoms with Gasteiger partial charge < -0.3 is 0 Å². The van der Waals surface area contributed by atoms with Crippen LogP contribution in [-0.4, -0.2) is 20.4 Å². The second-order valence-corrected chi connectivity index (χ2v) is 6.76. The minimum absolute atomic E-state index is 0.0614. The molecule has 3 rings (SSSR count). The maximum atomic E-state index is 13.2. The second-order valence-electron chi connectivity index (χ2n) is 6.76. The third-order valence-corrected chi connectivity index (χ3v) is 4.60. The van der Waals surface area contributed by atoms with Crippen molar-refractivity contribution in [3.63, 3.8) is 0 Å². The van der Waals surface area contributed by atoms with Gasteiger partial charge in [-0.25, -0.2) is 9.07 Å². The van der Waals surface area contributed by atoms with E-state index in [0.717, 1.165) is 12.0 Å². The predicted octanol–water partition coefficient (Wildman–Crippen LogP) is 4.61. The van der Waals surface area contributed by atoms with Gasteiger partial charge in [0.25, 0.3) is 11.2 Å². The molecule has 0 aliphatic rings. The van der Waals surface area contributed by atoms with Gasteiger partial charge in [0.1, 0.15) is 5.82 Å². The van der Waals surface area contributed by atoms with Gasteiger partial charge in [0.05, 0.1) is 27.6 Å². The normalized spacial score (nSPS) is 11.7. The molecule has 0 bridgehead atoms. The Bertz CT molecular complexity index is 1140. The third kappa shape index (κ3) is 4.16. The second kappa shape index (κ2) is 8.22. The van der Waals surface area contributed by atoms with Gasteiger partial charge >= 0.3 is 0 Å². The number of halogens is 1. The number of aromatic amines is 1. The van der Waals surface area contributed by atoms with Crippen molar-refractivity contribution >= 4 is 17.1 Å². The molecule has 0 aliphatic carbocycles. The molecule has 0 aliphatic heterocycles. The number of nitrogens with zero attached hydrogens (tertiary/aromatic N) is 3. The summed E-state index contributed by atoms with van der Waals surface area (Å²) in [6.45, 7) is 5.50. The molecule has 3 aromatic rings. The van der Waals surface area contributed by atoms with E-state index in [1.165, 1.54) is 41.1 Å². The number of aromatic nitrogens is 2. The molecule has 0 amide bonds. The fourth-order valence-electron chi connectivity index (χ4n) is 3.13. The number of benzene rings is 2. The first-order valence-corrected chi connectivity index (χ1v) is 9.22. The Morgan fingerprint density at radius 1 is 1.24 bits per heavy atom. The van der Waals surface area contributed by atoms with Crippen LogP contribution in [0.3, 0.4) is 0 Å². The molecule has 2 aromatic carbocycles. The lowest BCUT2D eigenvalue weighted by molar-refractivity contribution is -0.384. The van der Waals surface area contributed by atoms with Crippen molar-refractivity contribution in [2.45, 2.75) is 33.6 Å². The first-order chi connectivity index (χ1) is 13.8. The number of hydrogen-bond acceptors (Lipinski definition) is 4. The van der Waals surface area contributed by atoms with Gasteiger partial charge in [-0.3, -0.25) is 25.0 Å². The minimum Gasteiger partial charge on any atom is -0.294 e. The average molecular weight is 396 g/mol. The summed E-state index contributed by atoms with van der Waals surface area (Å²) in [4.78, 5) is 28.2. The van der Waals surface area contributed by atoms with Gasteiger partial charge in [0, 0.05) is 17.8 Å². The monoisotopic (exact) mass is 396 g/mol. The minimum atomic E-state index is -0.478. The smallest absolute Gasteiger partial charge is 0.280 e. The molecular weight excluding hydrogens is 375 g/mol. The van der Waals surface area contributed by atoms with Gasteiger partial charge in [0.15, 0.2) is 0 Å². The Morgan fingerprint density at radius 2 is 1.93 bits per heavy atom. The maximum absolute atomic E-state index is 13.2. The lowest BCUT2D eigenvalue weighted by atomic mass is 10.1. The Hall–Kier alpha value is -3.55. The van der Waals surface area contributed by atoms with Crippen LogP contribution < -0.4 is 5.56 Å². The molecule has 0 saturated heterocycles. The molecular formula is C21H21FN4O3. The van der Waals surface area contributed by atoms with Gasteiger partial charge in [-0.1, -0.05) is 19.4 Å². The predicted molar refractivity (Wildman–Crippen MR) is 110 cm³/mol. The van der Waals surface area contributed by atoms with Gasteiger partial charge in [-0.15, -0.1) is 0 Å². The maximum Gasteiger partial charge on any atom is 0.280 e. The Kier molecular flexibility index (Phi) is 5.72. The number of nitrogens with one attached hydrogen (secondary N) is 1. The summed E-state index contributed by atoms with van der Waals surface area (Å²) in [5.41, 5.74) is 2.94. The molecule has 0 radical (unpaired) electrons. The number of hydrogen-bond donors (Lipinski definition) is 1. The van der Waals surface area contributed by atoms with Crippen LogP contribution in [-0.2, 0) is 6.42 Å². The number of aryl methyl sites for hydroxylation is 2. The summed E-state index contributed by atoms with van der Waals surface area (Å²) >= 11 is 0. The largest absolute Gasteiger partial charge is 0.294 e. The Morgan fingerprint density at radius 3 is 2.55 bits per heavy atom. The average Bonchev–Trinajstić information content (AvgIpc) is 3.00. The van der Waals surface area contributed by atoms with Crippen molar-refractivity contribution in [2.24, 2.45) is 4.99 Å². The van der Waals surface area contributed by atoms with Crippen molar-refractivity contribution in [3.8, 4) is 5.69 Å². The van der Waals surface area contributed by atoms with E-state index in [1.54, 1.807) is 19.9 Å². The van der Waals surface area contributed by atoms with Crippen LogP contribution >= 0.6 is 0 Å². The molecule has 29 heavy (non-hydrogen) atoms. The number of nitro benzene ring substituents is 1. The molecule has 0 spiro atoms. The van der Waals surface area contributed by atoms with Crippen LogP contribution in [0.1, 0.15) is 37.1 Å². The van der Waals surface area contributed by atoms with E-state index in [-0.39, 0.29) is 17.1 Å². The Balaban J connectivity index is 2.13. The highest BCUT2D eigenvalue weighted by Crippen LogP contribution is 2.25. The number of nitro groups is 1. The van der Waals surface area contributed by atoms with Crippen molar-refractivity contribution in [3.05, 3.63) is 85.6 Å². The Labute approximate surface area is 166 Å². The van der Waals surface area contributed by atoms with Crippen LogP contribution in [0.25, 0.3) is 5.69 Å². The highest BCUT2D eigenvalue weighted by molar-refractivity contribution is 6.01. The van der Waals surface area contributed by atoms with Gasteiger partial charge in [0.2, 0.25) is 0 Å². The summed E-state index contributed by atoms with van der Waals surface area (Å²) in [7, 11) is 0. The molecule has 7 nitrogen and oxygen atoms in total. The lowest BCUT2D eigenvalue weighted by Gasteiger charge is -2.04. The molecule has 1 heterocycles. The molecule has 8 heteroatoms. The fraction of sp³-hybridized carbons (Fsp3) is 0.238. The summed E-state index contributed by atoms with van der Waals surface area (Å²) in [6, 6.07) is 10.1. The first kappa shape index (κ1) is 20.2. The van der Waals surface area contributed by atoms with Crippen LogP contribution in [0.5, 0.6) is 0 Å². The van der Waals surface area contributed by atoms with Crippen molar-refractivity contribution < 1.29 is 9.31 Å².